The Labute approximate surface area is 126 Å². The molecule has 21 heavy (non-hydrogen) atoms. The van der Waals surface area contributed by atoms with Crippen LogP contribution in [-0.2, 0) is 10.0 Å². The molecule has 0 aliphatic heterocycles. The van der Waals surface area contributed by atoms with E-state index in [2.05, 4.69) is 4.72 Å². The van der Waals surface area contributed by atoms with E-state index in [0.717, 1.165) is 12.8 Å². The highest BCUT2D eigenvalue weighted by atomic mass is 32.2. The Hall–Kier alpha value is -1.42. The summed E-state index contributed by atoms with van der Waals surface area (Å²) in [6, 6.07) is 6.39. The van der Waals surface area contributed by atoms with Gasteiger partial charge < -0.3 is 5.11 Å². The summed E-state index contributed by atoms with van der Waals surface area (Å²) in [6.07, 6.45) is 0.901. The standard InChI is InChI=1S/C15H22N2O3S/c1-4-13(5-2)14(18)10-17-21(19,20)15-7-6-12(9-16)8-11(15)3/h6-8,13-14,17-18H,4-5,10H2,1-3H3. The van der Waals surface area contributed by atoms with Crippen molar-refractivity contribution in [1.29, 1.82) is 5.26 Å². The summed E-state index contributed by atoms with van der Waals surface area (Å²) in [5.74, 6) is 0.0785. The van der Waals surface area contributed by atoms with Crippen molar-refractivity contribution in [1.82, 2.24) is 4.72 Å². The molecule has 0 aliphatic rings. The molecule has 0 radical (unpaired) electrons. The van der Waals surface area contributed by atoms with Crippen LogP contribution in [0.5, 0.6) is 0 Å². The largest absolute Gasteiger partial charge is 0.391 e. The molecule has 1 aromatic carbocycles. The summed E-state index contributed by atoms with van der Waals surface area (Å²) < 4.78 is 26.9. The molecule has 0 heterocycles. The molecule has 1 rings (SSSR count). The monoisotopic (exact) mass is 310 g/mol. The van der Waals surface area contributed by atoms with Gasteiger partial charge in [0.2, 0.25) is 10.0 Å². The van der Waals surface area contributed by atoms with Crippen LogP contribution in [0, 0.1) is 24.2 Å². The Morgan fingerprint density at radius 1 is 1.33 bits per heavy atom. The molecule has 0 spiro atoms. The maximum atomic E-state index is 12.3. The predicted octanol–water partition coefficient (Wildman–Crippen LogP) is 1.94. The van der Waals surface area contributed by atoms with Crippen molar-refractivity contribution in [2.75, 3.05) is 6.54 Å². The maximum Gasteiger partial charge on any atom is 0.240 e. The highest BCUT2D eigenvalue weighted by Crippen LogP contribution is 2.17. The van der Waals surface area contributed by atoms with Crippen molar-refractivity contribution in [2.45, 2.75) is 44.6 Å². The minimum Gasteiger partial charge on any atom is -0.391 e. The van der Waals surface area contributed by atoms with Crippen LogP contribution in [0.15, 0.2) is 23.1 Å². The molecule has 0 saturated heterocycles. The fourth-order valence-electron chi connectivity index (χ4n) is 2.29. The SMILES string of the molecule is CCC(CC)C(O)CNS(=O)(=O)c1ccc(C#N)cc1C. The minimum absolute atomic E-state index is 0.00583. The van der Waals surface area contributed by atoms with E-state index in [1.54, 1.807) is 6.92 Å². The summed E-state index contributed by atoms with van der Waals surface area (Å²) in [5.41, 5.74) is 0.932. The van der Waals surface area contributed by atoms with Gasteiger partial charge in [-0.15, -0.1) is 0 Å². The van der Waals surface area contributed by atoms with E-state index >= 15 is 0 Å². The van der Waals surface area contributed by atoms with Gasteiger partial charge in [-0.3, -0.25) is 0 Å². The zero-order valence-corrected chi connectivity index (χ0v) is 13.4. The lowest BCUT2D eigenvalue weighted by molar-refractivity contribution is 0.107. The number of hydrogen-bond acceptors (Lipinski definition) is 4. The third-order valence-corrected chi connectivity index (χ3v) is 5.25. The molecule has 1 aromatic rings. The summed E-state index contributed by atoms with van der Waals surface area (Å²) >= 11 is 0. The molecule has 0 fully saturated rings. The van der Waals surface area contributed by atoms with Crippen LogP contribution in [0.4, 0.5) is 0 Å². The second-order valence-corrected chi connectivity index (χ2v) is 6.82. The zero-order valence-electron chi connectivity index (χ0n) is 12.6. The van der Waals surface area contributed by atoms with Gasteiger partial charge in [0.05, 0.1) is 22.6 Å². The van der Waals surface area contributed by atoms with E-state index in [0.29, 0.717) is 11.1 Å². The molecule has 2 N–H and O–H groups in total. The Morgan fingerprint density at radius 2 is 1.95 bits per heavy atom. The number of benzene rings is 1. The van der Waals surface area contributed by atoms with Gasteiger partial charge in [-0.1, -0.05) is 26.7 Å². The van der Waals surface area contributed by atoms with Crippen LogP contribution in [0.1, 0.15) is 37.8 Å². The Balaban J connectivity index is 2.86. The van der Waals surface area contributed by atoms with E-state index < -0.39 is 16.1 Å². The first kappa shape index (κ1) is 17.6. The van der Waals surface area contributed by atoms with Gasteiger partial charge >= 0.3 is 0 Å². The maximum absolute atomic E-state index is 12.3. The van der Waals surface area contributed by atoms with Crippen LogP contribution in [0.3, 0.4) is 0 Å². The molecule has 0 saturated carbocycles. The van der Waals surface area contributed by atoms with Crippen LogP contribution < -0.4 is 4.72 Å². The number of nitriles is 1. The first-order valence-electron chi connectivity index (χ1n) is 7.04. The van der Waals surface area contributed by atoms with Crippen LogP contribution >= 0.6 is 0 Å². The van der Waals surface area contributed by atoms with Gasteiger partial charge in [0.25, 0.3) is 0 Å². The molecule has 5 nitrogen and oxygen atoms in total. The van der Waals surface area contributed by atoms with Crippen LogP contribution in [0.25, 0.3) is 0 Å². The van der Waals surface area contributed by atoms with Crippen molar-refractivity contribution in [3.63, 3.8) is 0 Å². The summed E-state index contributed by atoms with van der Waals surface area (Å²) in [5, 5.41) is 18.8. The van der Waals surface area contributed by atoms with Crippen molar-refractivity contribution >= 4 is 10.0 Å². The molecule has 116 valence electrons. The average molecular weight is 310 g/mol. The number of aliphatic hydroxyl groups excluding tert-OH is 1. The predicted molar refractivity (Wildman–Crippen MR) is 81.2 cm³/mol. The number of sulfonamides is 1. The van der Waals surface area contributed by atoms with Crippen molar-refractivity contribution in [2.24, 2.45) is 5.92 Å². The topological polar surface area (TPSA) is 90.2 Å². The molecular weight excluding hydrogens is 288 g/mol. The smallest absolute Gasteiger partial charge is 0.240 e. The lowest BCUT2D eigenvalue weighted by Crippen LogP contribution is -2.36. The van der Waals surface area contributed by atoms with Crippen molar-refractivity contribution in [3.05, 3.63) is 29.3 Å². The van der Waals surface area contributed by atoms with E-state index in [1.807, 2.05) is 19.9 Å². The number of hydrogen-bond donors (Lipinski definition) is 2. The number of rotatable bonds is 7. The Morgan fingerprint density at radius 3 is 2.43 bits per heavy atom. The molecule has 0 amide bonds. The summed E-state index contributed by atoms with van der Waals surface area (Å²) in [4.78, 5) is 0.137. The Bertz CT molecular complexity index is 616. The number of aliphatic hydroxyl groups is 1. The molecule has 1 unspecified atom stereocenters. The zero-order chi connectivity index (χ0) is 16.0. The molecule has 1 atom stereocenters. The normalized spacial score (nSPS) is 13.1. The minimum atomic E-state index is -3.68. The number of nitrogens with zero attached hydrogens (tertiary/aromatic N) is 1. The van der Waals surface area contributed by atoms with E-state index in [-0.39, 0.29) is 17.4 Å². The van der Waals surface area contributed by atoms with Gasteiger partial charge in [-0.2, -0.15) is 5.26 Å². The van der Waals surface area contributed by atoms with Gasteiger partial charge in [0, 0.05) is 6.54 Å². The summed E-state index contributed by atoms with van der Waals surface area (Å²) in [6.45, 7) is 5.58. The first-order chi connectivity index (χ1) is 9.85. The fourth-order valence-corrected chi connectivity index (χ4v) is 3.57. The second-order valence-electron chi connectivity index (χ2n) is 5.09. The van der Waals surface area contributed by atoms with E-state index in [4.69, 9.17) is 5.26 Å². The lowest BCUT2D eigenvalue weighted by Gasteiger charge is -2.20. The van der Waals surface area contributed by atoms with Crippen molar-refractivity contribution in [3.8, 4) is 6.07 Å². The third-order valence-electron chi connectivity index (χ3n) is 3.67. The molecule has 0 bridgehead atoms. The quantitative estimate of drug-likeness (QED) is 0.805. The first-order valence-corrected chi connectivity index (χ1v) is 8.52. The molecule has 0 aliphatic carbocycles. The average Bonchev–Trinajstić information content (AvgIpc) is 2.46. The molecule has 0 aromatic heterocycles. The van der Waals surface area contributed by atoms with Gasteiger partial charge in [0.15, 0.2) is 0 Å². The molecular formula is C15H22N2O3S. The number of aryl methyl sites for hydroxylation is 1. The van der Waals surface area contributed by atoms with Crippen LogP contribution in [-0.4, -0.2) is 26.2 Å². The highest BCUT2D eigenvalue weighted by Gasteiger charge is 2.21. The number of nitrogens with one attached hydrogen (secondary N) is 1. The van der Waals surface area contributed by atoms with Crippen molar-refractivity contribution < 1.29 is 13.5 Å². The lowest BCUT2D eigenvalue weighted by atomic mass is 9.97. The van der Waals surface area contributed by atoms with E-state index in [1.165, 1.54) is 18.2 Å². The Kier molecular flexibility index (Phi) is 6.34. The summed E-state index contributed by atoms with van der Waals surface area (Å²) in [7, 11) is -3.68. The molecule has 6 heteroatoms. The second kappa shape index (κ2) is 7.55. The van der Waals surface area contributed by atoms with Gasteiger partial charge in [-0.25, -0.2) is 13.1 Å². The van der Waals surface area contributed by atoms with Gasteiger partial charge in [-0.05, 0) is 36.6 Å². The van der Waals surface area contributed by atoms with E-state index in [9.17, 15) is 13.5 Å². The highest BCUT2D eigenvalue weighted by molar-refractivity contribution is 7.89. The third kappa shape index (κ3) is 4.53. The fraction of sp³-hybridized carbons (Fsp3) is 0.533. The van der Waals surface area contributed by atoms with Gasteiger partial charge in [0.1, 0.15) is 0 Å². The van der Waals surface area contributed by atoms with Crippen LogP contribution in [0.2, 0.25) is 0 Å².